The number of amides is 2. The molecule has 0 bridgehead atoms. The fourth-order valence-electron chi connectivity index (χ4n) is 3.82. The number of carbonyl (C=O) groups excluding carboxylic acids is 2. The largest absolute Gasteiger partial charge is 0.481 e. The number of carbonyl (C=O) groups is 3. The van der Waals surface area contributed by atoms with Crippen LogP contribution >= 0.6 is 0 Å². The van der Waals surface area contributed by atoms with E-state index < -0.39 is 11.9 Å². The Labute approximate surface area is 153 Å². The molecule has 0 aromatic heterocycles. The molecule has 1 aromatic carbocycles. The van der Waals surface area contributed by atoms with E-state index >= 15 is 0 Å². The molecule has 0 spiro atoms. The highest BCUT2D eigenvalue weighted by atomic mass is 16.4. The van der Waals surface area contributed by atoms with Gasteiger partial charge in [-0.15, -0.1) is 0 Å². The summed E-state index contributed by atoms with van der Waals surface area (Å²) in [6.07, 6.45) is 0. The number of hydrogen-bond donors (Lipinski definition) is 1. The Hall–Kier alpha value is -2.41. The molecule has 0 unspecified atom stereocenters. The zero-order valence-electron chi connectivity index (χ0n) is 15.2. The Morgan fingerprint density at radius 2 is 1.69 bits per heavy atom. The van der Waals surface area contributed by atoms with Gasteiger partial charge in [-0.05, 0) is 18.6 Å². The second-order valence-electron chi connectivity index (χ2n) is 7.17. The smallest absolute Gasteiger partial charge is 0.309 e. The van der Waals surface area contributed by atoms with Crippen molar-refractivity contribution >= 4 is 17.8 Å². The highest BCUT2D eigenvalue weighted by Crippen LogP contribution is 2.21. The van der Waals surface area contributed by atoms with Crippen molar-refractivity contribution in [2.24, 2.45) is 5.92 Å². The summed E-state index contributed by atoms with van der Waals surface area (Å²) in [6, 6.07) is 7.48. The lowest BCUT2D eigenvalue weighted by Crippen LogP contribution is -2.57. The number of benzene rings is 1. The summed E-state index contributed by atoms with van der Waals surface area (Å²) in [7, 11) is 0. The van der Waals surface area contributed by atoms with E-state index in [0.717, 1.165) is 5.56 Å². The van der Waals surface area contributed by atoms with Crippen LogP contribution in [-0.4, -0.2) is 82.9 Å². The second kappa shape index (κ2) is 7.45. The monoisotopic (exact) mass is 359 g/mol. The van der Waals surface area contributed by atoms with E-state index in [1.54, 1.807) is 4.90 Å². The van der Waals surface area contributed by atoms with Gasteiger partial charge >= 0.3 is 5.97 Å². The van der Waals surface area contributed by atoms with Gasteiger partial charge in [0.05, 0.1) is 5.92 Å². The van der Waals surface area contributed by atoms with Gasteiger partial charge in [-0.25, -0.2) is 0 Å². The van der Waals surface area contributed by atoms with E-state index in [1.807, 2.05) is 36.1 Å². The zero-order chi connectivity index (χ0) is 18.8. The molecular weight excluding hydrogens is 334 g/mol. The number of carboxylic acids is 1. The number of carboxylic acid groups (broad SMARTS) is 1. The predicted octanol–water partition coefficient (Wildman–Crippen LogP) is 0.684. The van der Waals surface area contributed by atoms with Crippen LogP contribution in [0.2, 0.25) is 0 Å². The third kappa shape index (κ3) is 3.72. The molecular formula is C19H25N3O4. The number of piperazine rings is 1. The molecule has 0 radical (unpaired) electrons. The third-order valence-corrected chi connectivity index (χ3v) is 5.39. The van der Waals surface area contributed by atoms with Gasteiger partial charge in [0, 0.05) is 57.8 Å². The molecule has 0 aliphatic carbocycles. The van der Waals surface area contributed by atoms with E-state index in [-0.39, 0.29) is 24.4 Å². The third-order valence-electron chi connectivity index (χ3n) is 5.39. The maximum absolute atomic E-state index is 12.9. The van der Waals surface area contributed by atoms with E-state index in [9.17, 15) is 19.5 Å². The first-order valence-corrected chi connectivity index (χ1v) is 8.94. The van der Waals surface area contributed by atoms with Gasteiger partial charge in [-0.3, -0.25) is 19.3 Å². The summed E-state index contributed by atoms with van der Waals surface area (Å²) in [4.78, 5) is 41.9. The molecule has 2 fully saturated rings. The highest BCUT2D eigenvalue weighted by Gasteiger charge is 2.38. The fourth-order valence-corrected chi connectivity index (χ4v) is 3.82. The van der Waals surface area contributed by atoms with E-state index in [0.29, 0.717) is 38.3 Å². The molecule has 2 aliphatic heterocycles. The topological polar surface area (TPSA) is 81.2 Å². The minimum Gasteiger partial charge on any atom is -0.481 e. The van der Waals surface area contributed by atoms with E-state index in [4.69, 9.17) is 0 Å². The predicted molar refractivity (Wildman–Crippen MR) is 95.8 cm³/mol. The lowest BCUT2D eigenvalue weighted by Gasteiger charge is -2.41. The number of aryl methyl sites for hydroxylation is 1. The first-order valence-electron chi connectivity index (χ1n) is 8.94. The van der Waals surface area contributed by atoms with Crippen molar-refractivity contribution in [1.82, 2.24) is 14.7 Å². The van der Waals surface area contributed by atoms with Gasteiger partial charge in [0.1, 0.15) is 0 Å². The van der Waals surface area contributed by atoms with Gasteiger partial charge in [0.25, 0.3) is 5.91 Å². The van der Waals surface area contributed by atoms with Gasteiger partial charge in [-0.1, -0.05) is 18.2 Å². The van der Waals surface area contributed by atoms with Crippen molar-refractivity contribution in [2.75, 3.05) is 39.3 Å². The Bertz CT molecular complexity index is 720. The molecule has 7 nitrogen and oxygen atoms in total. The summed E-state index contributed by atoms with van der Waals surface area (Å²) in [6.45, 7) is 6.17. The fraction of sp³-hybridized carbons (Fsp3) is 0.526. The maximum atomic E-state index is 12.9. The zero-order valence-corrected chi connectivity index (χ0v) is 15.2. The SMILES string of the molecule is CC(=O)N1C[C@H](C(=O)O)CN2CCN(C(=O)c3ccccc3C)C[C@H]2C1. The van der Waals surface area contributed by atoms with Crippen LogP contribution < -0.4 is 0 Å². The average molecular weight is 359 g/mol. The van der Waals surface area contributed by atoms with E-state index in [2.05, 4.69) is 4.90 Å². The van der Waals surface area contributed by atoms with Crippen molar-refractivity contribution in [3.63, 3.8) is 0 Å². The van der Waals surface area contributed by atoms with Crippen molar-refractivity contribution in [3.8, 4) is 0 Å². The van der Waals surface area contributed by atoms with Crippen molar-refractivity contribution < 1.29 is 19.5 Å². The molecule has 140 valence electrons. The Balaban J connectivity index is 1.78. The molecule has 2 saturated heterocycles. The van der Waals surface area contributed by atoms with Gasteiger partial charge in [0.2, 0.25) is 5.91 Å². The number of nitrogens with zero attached hydrogens (tertiary/aromatic N) is 3. The maximum Gasteiger partial charge on any atom is 0.309 e. The molecule has 1 N–H and O–H groups in total. The summed E-state index contributed by atoms with van der Waals surface area (Å²) in [5, 5.41) is 9.44. The number of aliphatic carboxylic acids is 1. The van der Waals surface area contributed by atoms with Crippen molar-refractivity contribution in [1.29, 1.82) is 0 Å². The summed E-state index contributed by atoms with van der Waals surface area (Å²) in [5.41, 5.74) is 1.64. The van der Waals surface area contributed by atoms with Gasteiger partial charge < -0.3 is 14.9 Å². The molecule has 2 atom stereocenters. The summed E-state index contributed by atoms with van der Waals surface area (Å²) < 4.78 is 0. The minimum atomic E-state index is -0.879. The Kier molecular flexibility index (Phi) is 5.27. The molecule has 2 amide bonds. The Morgan fingerprint density at radius 1 is 1.00 bits per heavy atom. The van der Waals surface area contributed by atoms with Crippen LogP contribution in [0.25, 0.3) is 0 Å². The minimum absolute atomic E-state index is 0.00356. The van der Waals surface area contributed by atoms with Gasteiger partial charge in [-0.2, -0.15) is 0 Å². The lowest BCUT2D eigenvalue weighted by atomic mass is 10.1. The number of rotatable bonds is 2. The molecule has 3 rings (SSSR count). The van der Waals surface area contributed by atoms with Crippen LogP contribution in [0.1, 0.15) is 22.8 Å². The van der Waals surface area contributed by atoms with Crippen LogP contribution in [0.4, 0.5) is 0 Å². The average Bonchev–Trinajstić information content (AvgIpc) is 2.80. The van der Waals surface area contributed by atoms with Crippen LogP contribution in [-0.2, 0) is 9.59 Å². The van der Waals surface area contributed by atoms with Crippen molar-refractivity contribution in [3.05, 3.63) is 35.4 Å². The lowest BCUT2D eigenvalue weighted by molar-refractivity contribution is -0.143. The second-order valence-corrected chi connectivity index (χ2v) is 7.17. The first-order chi connectivity index (χ1) is 12.4. The summed E-state index contributed by atoms with van der Waals surface area (Å²) >= 11 is 0. The molecule has 26 heavy (non-hydrogen) atoms. The molecule has 0 saturated carbocycles. The van der Waals surface area contributed by atoms with Crippen LogP contribution in [0, 0.1) is 12.8 Å². The summed E-state index contributed by atoms with van der Waals surface area (Å²) in [5.74, 6) is -1.60. The number of fused-ring (bicyclic) bond motifs is 1. The molecule has 7 heteroatoms. The Morgan fingerprint density at radius 3 is 2.35 bits per heavy atom. The van der Waals surface area contributed by atoms with Crippen molar-refractivity contribution in [2.45, 2.75) is 19.9 Å². The van der Waals surface area contributed by atoms with Crippen LogP contribution in [0.5, 0.6) is 0 Å². The van der Waals surface area contributed by atoms with Crippen LogP contribution in [0.3, 0.4) is 0 Å². The number of hydrogen-bond acceptors (Lipinski definition) is 4. The highest BCUT2D eigenvalue weighted by molar-refractivity contribution is 5.95. The van der Waals surface area contributed by atoms with Gasteiger partial charge in [0.15, 0.2) is 0 Å². The van der Waals surface area contributed by atoms with E-state index in [1.165, 1.54) is 6.92 Å². The standard InChI is InChI=1S/C19H25N3O4/c1-13-5-3-4-6-17(13)18(24)21-8-7-20-9-15(19(25)26)10-22(14(2)23)12-16(20)11-21/h3-6,15-16H,7-12H2,1-2H3,(H,25,26)/t15-,16+/m1/s1. The quantitative estimate of drug-likeness (QED) is 0.840. The first kappa shape index (κ1) is 18.4. The molecule has 1 aromatic rings. The molecule has 2 heterocycles. The molecule has 2 aliphatic rings. The van der Waals surface area contributed by atoms with Crippen LogP contribution in [0.15, 0.2) is 24.3 Å². The normalized spacial score (nSPS) is 23.9.